The van der Waals surface area contributed by atoms with Gasteiger partial charge in [0.05, 0.1) is 22.0 Å². The van der Waals surface area contributed by atoms with E-state index < -0.39 is 11.7 Å². The molecule has 118 valence electrons. The van der Waals surface area contributed by atoms with Gasteiger partial charge < -0.3 is 5.32 Å². The first-order valence-corrected chi connectivity index (χ1v) is 8.07. The van der Waals surface area contributed by atoms with Crippen LogP contribution < -0.4 is 5.32 Å². The Labute approximate surface area is 137 Å². The van der Waals surface area contributed by atoms with Crippen molar-refractivity contribution >= 4 is 45.7 Å². The predicted molar refractivity (Wildman–Crippen MR) is 80.5 cm³/mol. The molecule has 0 bridgehead atoms. The van der Waals surface area contributed by atoms with Crippen LogP contribution in [0.1, 0.15) is 11.3 Å². The molecule has 4 nitrogen and oxygen atoms in total. The summed E-state index contributed by atoms with van der Waals surface area (Å²) in [5.74, 6) is -0.367. The summed E-state index contributed by atoms with van der Waals surface area (Å²) in [4.78, 5) is 19.4. The molecule has 2 aromatic rings. The lowest BCUT2D eigenvalue weighted by Gasteiger charge is -2.08. The largest absolute Gasteiger partial charge is 0.417 e. The molecule has 0 fully saturated rings. The van der Waals surface area contributed by atoms with E-state index in [-0.39, 0.29) is 21.7 Å². The quantitative estimate of drug-likeness (QED) is 0.821. The molecule has 1 amide bonds. The topological polar surface area (TPSA) is 54.9 Å². The van der Waals surface area contributed by atoms with Crippen molar-refractivity contribution in [3.05, 3.63) is 33.9 Å². The van der Waals surface area contributed by atoms with Crippen LogP contribution in [0.4, 0.5) is 18.3 Å². The van der Waals surface area contributed by atoms with Gasteiger partial charge >= 0.3 is 6.18 Å². The van der Waals surface area contributed by atoms with Crippen LogP contribution >= 0.6 is 34.7 Å². The average Bonchev–Trinajstić information content (AvgIpc) is 2.81. The number of halogens is 4. The van der Waals surface area contributed by atoms with Crippen LogP contribution in [0, 0.1) is 6.92 Å². The lowest BCUT2D eigenvalue weighted by Crippen LogP contribution is -2.14. The number of nitrogens with one attached hydrogen (secondary N) is 1. The Morgan fingerprint density at radius 1 is 1.50 bits per heavy atom. The van der Waals surface area contributed by atoms with E-state index in [4.69, 9.17) is 11.6 Å². The Balaban J connectivity index is 1.95. The molecule has 22 heavy (non-hydrogen) atoms. The minimum atomic E-state index is -4.50. The monoisotopic (exact) mass is 367 g/mol. The first kappa shape index (κ1) is 17.0. The number of aromatic nitrogens is 2. The van der Waals surface area contributed by atoms with Crippen LogP contribution in [0.2, 0.25) is 5.02 Å². The summed E-state index contributed by atoms with van der Waals surface area (Å²) < 4.78 is 37.4. The van der Waals surface area contributed by atoms with Gasteiger partial charge in [0.15, 0.2) is 5.13 Å². The third-order valence-electron chi connectivity index (χ3n) is 2.34. The molecule has 0 saturated heterocycles. The fourth-order valence-electron chi connectivity index (χ4n) is 1.39. The van der Waals surface area contributed by atoms with Crippen LogP contribution in [-0.2, 0) is 11.0 Å². The van der Waals surface area contributed by atoms with Gasteiger partial charge in [-0.05, 0) is 13.0 Å². The van der Waals surface area contributed by atoms with Gasteiger partial charge in [-0.2, -0.15) is 13.2 Å². The van der Waals surface area contributed by atoms with Crippen molar-refractivity contribution in [2.24, 2.45) is 0 Å². The predicted octanol–water partition coefficient (Wildman–Crippen LogP) is 4.25. The van der Waals surface area contributed by atoms with Gasteiger partial charge in [-0.15, -0.1) is 11.3 Å². The lowest BCUT2D eigenvalue weighted by atomic mass is 10.3. The summed E-state index contributed by atoms with van der Waals surface area (Å²) in [7, 11) is 0. The minimum Gasteiger partial charge on any atom is -0.301 e. The molecule has 0 unspecified atom stereocenters. The highest BCUT2D eigenvalue weighted by molar-refractivity contribution is 8.00. The maximum atomic E-state index is 12.5. The number of alkyl halides is 3. The zero-order chi connectivity index (χ0) is 16.3. The van der Waals surface area contributed by atoms with E-state index in [1.165, 1.54) is 11.3 Å². The van der Waals surface area contributed by atoms with E-state index in [1.54, 1.807) is 12.3 Å². The normalized spacial score (nSPS) is 11.5. The first-order valence-electron chi connectivity index (χ1n) is 5.83. The number of hydrogen-bond donors (Lipinski definition) is 1. The molecule has 2 heterocycles. The Bertz CT molecular complexity index is 690. The highest BCUT2D eigenvalue weighted by Crippen LogP contribution is 2.33. The number of carbonyl (C=O) groups is 1. The molecule has 2 rings (SSSR count). The summed E-state index contributed by atoms with van der Waals surface area (Å²) in [5.41, 5.74) is -0.134. The molecule has 1 N–H and O–H groups in total. The molecule has 0 aliphatic carbocycles. The molecule has 0 atom stereocenters. The molecule has 0 radical (unpaired) electrons. The number of thiazole rings is 1. The van der Waals surface area contributed by atoms with E-state index >= 15 is 0 Å². The summed E-state index contributed by atoms with van der Waals surface area (Å²) in [6.07, 6.45) is -3.81. The summed E-state index contributed by atoms with van der Waals surface area (Å²) in [5, 5.41) is 4.87. The van der Waals surface area contributed by atoms with Crippen LogP contribution in [-0.4, -0.2) is 21.6 Å². The lowest BCUT2D eigenvalue weighted by molar-refractivity contribution is -0.137. The fourth-order valence-corrected chi connectivity index (χ4v) is 3.09. The number of carbonyl (C=O) groups excluding carboxylic acids is 1. The van der Waals surface area contributed by atoms with Crippen molar-refractivity contribution in [1.82, 2.24) is 9.97 Å². The van der Waals surface area contributed by atoms with Gasteiger partial charge in [-0.25, -0.2) is 9.97 Å². The molecule has 0 aliphatic rings. The average molecular weight is 368 g/mol. The second-order valence-electron chi connectivity index (χ2n) is 4.14. The van der Waals surface area contributed by atoms with E-state index in [0.29, 0.717) is 11.3 Å². The number of rotatable bonds is 4. The van der Waals surface area contributed by atoms with Crippen molar-refractivity contribution in [1.29, 1.82) is 0 Å². The summed E-state index contributed by atoms with van der Waals surface area (Å²) in [6, 6.07) is 0.791. The molecule has 0 aromatic carbocycles. The number of pyridine rings is 1. The molecular weight excluding hydrogens is 359 g/mol. The number of amides is 1. The van der Waals surface area contributed by atoms with Crippen molar-refractivity contribution < 1.29 is 18.0 Å². The van der Waals surface area contributed by atoms with Crippen molar-refractivity contribution in [2.45, 2.75) is 18.1 Å². The number of nitrogens with zero attached hydrogens (tertiary/aromatic N) is 2. The van der Waals surface area contributed by atoms with E-state index in [1.807, 2.05) is 0 Å². The Morgan fingerprint density at radius 2 is 2.23 bits per heavy atom. The zero-order valence-electron chi connectivity index (χ0n) is 11.1. The number of thioether (sulfide) groups is 1. The Morgan fingerprint density at radius 3 is 2.77 bits per heavy atom. The van der Waals surface area contributed by atoms with Gasteiger partial charge in [-0.3, -0.25) is 4.79 Å². The van der Waals surface area contributed by atoms with Crippen molar-refractivity contribution in [2.75, 3.05) is 11.1 Å². The molecule has 2 aromatic heterocycles. The van der Waals surface area contributed by atoms with E-state index in [2.05, 4.69) is 15.3 Å². The highest BCUT2D eigenvalue weighted by atomic mass is 35.5. The molecule has 0 spiro atoms. The van der Waals surface area contributed by atoms with Crippen LogP contribution in [0.25, 0.3) is 0 Å². The van der Waals surface area contributed by atoms with E-state index in [9.17, 15) is 18.0 Å². The minimum absolute atomic E-state index is 0.0310. The van der Waals surface area contributed by atoms with Crippen molar-refractivity contribution in [3.8, 4) is 0 Å². The third kappa shape index (κ3) is 4.59. The van der Waals surface area contributed by atoms with E-state index in [0.717, 1.165) is 23.5 Å². The number of hydrogen-bond acceptors (Lipinski definition) is 5. The van der Waals surface area contributed by atoms with Gasteiger partial charge in [0.2, 0.25) is 5.91 Å². The zero-order valence-corrected chi connectivity index (χ0v) is 13.5. The number of anilines is 1. The first-order chi connectivity index (χ1) is 10.3. The second-order valence-corrected chi connectivity index (χ2v) is 6.37. The van der Waals surface area contributed by atoms with Crippen LogP contribution in [0.15, 0.2) is 22.7 Å². The number of aryl methyl sites for hydroxylation is 1. The van der Waals surface area contributed by atoms with Crippen LogP contribution in [0.3, 0.4) is 0 Å². The fraction of sp³-hybridized carbons (Fsp3) is 0.250. The maximum Gasteiger partial charge on any atom is 0.417 e. The van der Waals surface area contributed by atoms with Gasteiger partial charge in [-0.1, -0.05) is 23.4 Å². The molecule has 10 heteroatoms. The van der Waals surface area contributed by atoms with Crippen LogP contribution in [0.5, 0.6) is 0 Å². The third-order valence-corrected chi connectivity index (χ3v) is 4.62. The standard InChI is InChI=1S/C12H9ClF3N3OS2/c1-6-4-22-11(18-6)19-9(20)5-21-10-8(13)2-7(3-17-10)12(14,15)16/h2-4H,5H2,1H3,(H,18,19,20). The highest BCUT2D eigenvalue weighted by Gasteiger charge is 2.31. The second kappa shape index (κ2) is 6.84. The smallest absolute Gasteiger partial charge is 0.301 e. The molecule has 0 saturated carbocycles. The van der Waals surface area contributed by atoms with Crippen molar-refractivity contribution in [3.63, 3.8) is 0 Å². The molecule has 0 aliphatic heterocycles. The summed E-state index contributed by atoms with van der Waals surface area (Å²) in [6.45, 7) is 1.80. The van der Waals surface area contributed by atoms with Gasteiger partial charge in [0.25, 0.3) is 0 Å². The summed E-state index contributed by atoms with van der Waals surface area (Å²) >= 11 is 8.00. The van der Waals surface area contributed by atoms with Gasteiger partial charge in [0.1, 0.15) is 5.03 Å². The molecular formula is C12H9ClF3N3OS2. The Kier molecular flexibility index (Phi) is 5.30. The maximum absolute atomic E-state index is 12.5. The SMILES string of the molecule is Cc1csc(NC(=O)CSc2ncc(C(F)(F)F)cc2Cl)n1. The Hall–Kier alpha value is -1.32. The van der Waals surface area contributed by atoms with Gasteiger partial charge in [0, 0.05) is 11.6 Å².